The molecule has 5 nitrogen and oxygen atoms in total. The number of aromatic nitrogens is 4. The number of hydrogen-bond donors (Lipinski definition) is 0. The molecule has 1 aliphatic heterocycles. The first-order valence-corrected chi connectivity index (χ1v) is 6.79. The zero-order valence-electron chi connectivity index (χ0n) is 10.5. The van der Waals surface area contributed by atoms with E-state index in [9.17, 15) is 0 Å². The first-order valence-electron chi connectivity index (χ1n) is 6.41. The number of pyridine rings is 1. The van der Waals surface area contributed by atoms with Gasteiger partial charge in [0.05, 0.1) is 0 Å². The second kappa shape index (κ2) is 5.48. The molecule has 1 aliphatic rings. The molecule has 2 aromatic rings. The van der Waals surface area contributed by atoms with Crippen molar-refractivity contribution in [2.75, 3.05) is 18.0 Å². The number of halogens is 1. The quantitative estimate of drug-likeness (QED) is 0.843. The van der Waals surface area contributed by atoms with Crippen LogP contribution in [0.1, 0.15) is 19.3 Å². The molecule has 0 N–H and O–H groups in total. The highest BCUT2D eigenvalue weighted by molar-refractivity contribution is 6.28. The molecule has 3 rings (SSSR count). The molecule has 0 unspecified atom stereocenters. The van der Waals surface area contributed by atoms with E-state index in [0.717, 1.165) is 13.1 Å². The van der Waals surface area contributed by atoms with E-state index in [-0.39, 0.29) is 5.28 Å². The lowest BCUT2D eigenvalue weighted by atomic mass is 10.1. The smallest absolute Gasteiger partial charge is 0.230 e. The van der Waals surface area contributed by atoms with Gasteiger partial charge in [-0.3, -0.25) is 4.98 Å². The van der Waals surface area contributed by atoms with Crippen LogP contribution < -0.4 is 4.90 Å². The van der Waals surface area contributed by atoms with Gasteiger partial charge in [-0.25, -0.2) is 0 Å². The Morgan fingerprint density at radius 2 is 1.84 bits per heavy atom. The molecule has 0 bridgehead atoms. The molecule has 2 aromatic heterocycles. The van der Waals surface area contributed by atoms with Gasteiger partial charge in [-0.1, -0.05) is 6.07 Å². The molecule has 1 fully saturated rings. The average Bonchev–Trinajstić information content (AvgIpc) is 2.48. The fourth-order valence-electron chi connectivity index (χ4n) is 2.18. The van der Waals surface area contributed by atoms with Crippen molar-refractivity contribution < 1.29 is 0 Å². The van der Waals surface area contributed by atoms with E-state index >= 15 is 0 Å². The van der Waals surface area contributed by atoms with Crippen molar-refractivity contribution in [1.82, 2.24) is 19.9 Å². The summed E-state index contributed by atoms with van der Waals surface area (Å²) in [4.78, 5) is 19.3. The van der Waals surface area contributed by atoms with E-state index in [1.54, 1.807) is 6.20 Å². The molecule has 0 aromatic carbocycles. The Morgan fingerprint density at radius 1 is 1.00 bits per heavy atom. The van der Waals surface area contributed by atoms with Crippen molar-refractivity contribution >= 4 is 17.5 Å². The summed E-state index contributed by atoms with van der Waals surface area (Å²) in [6.07, 6.45) is 5.32. The monoisotopic (exact) mass is 275 g/mol. The van der Waals surface area contributed by atoms with E-state index in [4.69, 9.17) is 11.6 Å². The normalized spacial score (nSPS) is 15.5. The Bertz CT molecular complexity index is 554. The Labute approximate surface area is 116 Å². The largest absolute Gasteiger partial charge is 0.341 e. The molecule has 0 saturated carbocycles. The Kier molecular flexibility index (Phi) is 3.55. The fourth-order valence-corrected chi connectivity index (χ4v) is 2.34. The van der Waals surface area contributed by atoms with E-state index in [1.165, 1.54) is 19.3 Å². The second-order valence-corrected chi connectivity index (χ2v) is 4.83. The molecule has 0 spiro atoms. The average molecular weight is 276 g/mol. The molecule has 19 heavy (non-hydrogen) atoms. The molecule has 1 saturated heterocycles. The van der Waals surface area contributed by atoms with Crippen LogP contribution in [0.5, 0.6) is 0 Å². The van der Waals surface area contributed by atoms with Crippen LogP contribution >= 0.6 is 11.6 Å². The maximum absolute atomic E-state index is 6.00. The number of rotatable bonds is 2. The molecular weight excluding hydrogens is 262 g/mol. The van der Waals surface area contributed by atoms with Crippen molar-refractivity contribution in [2.24, 2.45) is 0 Å². The first-order chi connectivity index (χ1) is 9.33. The van der Waals surface area contributed by atoms with Crippen LogP contribution in [0.3, 0.4) is 0 Å². The summed E-state index contributed by atoms with van der Waals surface area (Å²) in [7, 11) is 0. The number of nitrogens with zero attached hydrogens (tertiary/aromatic N) is 5. The zero-order chi connectivity index (χ0) is 13.1. The standard InChI is InChI=1S/C13H14ClN5/c14-12-16-11(10-6-2-3-7-15-10)17-13(18-12)19-8-4-1-5-9-19/h2-3,6-7H,1,4-5,8-9H2. The third kappa shape index (κ3) is 2.81. The Hall–Kier alpha value is -1.75. The van der Waals surface area contributed by atoms with E-state index in [1.807, 2.05) is 18.2 Å². The highest BCUT2D eigenvalue weighted by Crippen LogP contribution is 2.20. The van der Waals surface area contributed by atoms with Crippen molar-refractivity contribution in [2.45, 2.75) is 19.3 Å². The maximum Gasteiger partial charge on any atom is 0.230 e. The van der Waals surface area contributed by atoms with Crippen molar-refractivity contribution in [3.63, 3.8) is 0 Å². The van der Waals surface area contributed by atoms with Crippen LogP contribution in [0.2, 0.25) is 5.28 Å². The molecule has 98 valence electrons. The predicted octanol–water partition coefficient (Wildman–Crippen LogP) is 2.58. The first kappa shape index (κ1) is 12.3. The number of piperidine rings is 1. The third-order valence-corrected chi connectivity index (χ3v) is 3.30. The molecule has 0 aliphatic carbocycles. The van der Waals surface area contributed by atoms with E-state index < -0.39 is 0 Å². The minimum absolute atomic E-state index is 0.219. The summed E-state index contributed by atoms with van der Waals surface area (Å²) in [6.45, 7) is 1.95. The number of hydrogen-bond acceptors (Lipinski definition) is 5. The van der Waals surface area contributed by atoms with Gasteiger partial charge in [0.25, 0.3) is 0 Å². The summed E-state index contributed by atoms with van der Waals surface area (Å²) < 4.78 is 0. The van der Waals surface area contributed by atoms with Gasteiger partial charge < -0.3 is 4.90 Å². The highest BCUT2D eigenvalue weighted by atomic mass is 35.5. The third-order valence-electron chi connectivity index (χ3n) is 3.13. The summed E-state index contributed by atoms with van der Waals surface area (Å²) in [5.74, 6) is 1.18. The Morgan fingerprint density at radius 3 is 2.58 bits per heavy atom. The summed E-state index contributed by atoms with van der Waals surface area (Å²) in [5.41, 5.74) is 0.713. The second-order valence-electron chi connectivity index (χ2n) is 4.49. The predicted molar refractivity (Wildman–Crippen MR) is 74.1 cm³/mol. The van der Waals surface area contributed by atoms with Gasteiger partial charge in [-0.2, -0.15) is 15.0 Å². The number of anilines is 1. The van der Waals surface area contributed by atoms with Crippen LogP contribution in [0.4, 0.5) is 5.95 Å². The molecule has 6 heteroatoms. The van der Waals surface area contributed by atoms with E-state index in [0.29, 0.717) is 17.5 Å². The zero-order valence-corrected chi connectivity index (χ0v) is 11.2. The SMILES string of the molecule is Clc1nc(-c2ccccn2)nc(N2CCCCC2)n1. The van der Waals surface area contributed by atoms with Gasteiger partial charge in [-0.05, 0) is 43.0 Å². The van der Waals surface area contributed by atoms with Crippen LogP contribution in [0.25, 0.3) is 11.5 Å². The Balaban J connectivity index is 1.96. The minimum atomic E-state index is 0.219. The summed E-state index contributed by atoms with van der Waals surface area (Å²) >= 11 is 6.00. The van der Waals surface area contributed by atoms with Gasteiger partial charge in [0.15, 0.2) is 5.82 Å². The molecule has 0 atom stereocenters. The van der Waals surface area contributed by atoms with Crippen molar-refractivity contribution in [1.29, 1.82) is 0 Å². The lowest BCUT2D eigenvalue weighted by molar-refractivity contribution is 0.567. The molecule has 3 heterocycles. The van der Waals surface area contributed by atoms with Crippen LogP contribution in [0, 0.1) is 0 Å². The summed E-state index contributed by atoms with van der Waals surface area (Å²) in [5, 5.41) is 0.219. The van der Waals surface area contributed by atoms with E-state index in [2.05, 4.69) is 24.8 Å². The van der Waals surface area contributed by atoms with Crippen LogP contribution in [-0.2, 0) is 0 Å². The van der Waals surface area contributed by atoms with Gasteiger partial charge in [0.1, 0.15) is 5.69 Å². The lowest BCUT2D eigenvalue weighted by Crippen LogP contribution is -2.31. The lowest BCUT2D eigenvalue weighted by Gasteiger charge is -2.26. The maximum atomic E-state index is 6.00. The van der Waals surface area contributed by atoms with Crippen molar-refractivity contribution in [3.05, 3.63) is 29.7 Å². The van der Waals surface area contributed by atoms with Crippen molar-refractivity contribution in [3.8, 4) is 11.5 Å². The highest BCUT2D eigenvalue weighted by Gasteiger charge is 2.16. The van der Waals surface area contributed by atoms with Gasteiger partial charge >= 0.3 is 0 Å². The molecule has 0 radical (unpaired) electrons. The molecular formula is C13H14ClN5. The van der Waals surface area contributed by atoms with Gasteiger partial charge in [0.2, 0.25) is 11.2 Å². The van der Waals surface area contributed by atoms with Crippen LogP contribution in [-0.4, -0.2) is 33.0 Å². The molecule has 0 amide bonds. The van der Waals surface area contributed by atoms with Gasteiger partial charge in [0, 0.05) is 19.3 Å². The summed E-state index contributed by atoms with van der Waals surface area (Å²) in [6, 6.07) is 5.63. The topological polar surface area (TPSA) is 54.8 Å². The minimum Gasteiger partial charge on any atom is -0.341 e. The fraction of sp³-hybridized carbons (Fsp3) is 0.385. The van der Waals surface area contributed by atoms with Gasteiger partial charge in [-0.15, -0.1) is 0 Å². The van der Waals surface area contributed by atoms with Crippen LogP contribution in [0.15, 0.2) is 24.4 Å².